The van der Waals surface area contributed by atoms with Gasteiger partial charge in [0.1, 0.15) is 48.0 Å². The first kappa shape index (κ1) is 25.5. The second-order valence-electron chi connectivity index (χ2n) is 7.99. The number of hydrogen-bond acceptors (Lipinski definition) is 11. The Labute approximate surface area is 204 Å². The number of carboxylic acids is 1. The molecule has 3 heterocycles. The number of aliphatic hydroxyl groups is 2. The lowest BCUT2D eigenvalue weighted by Crippen LogP contribution is -2.41. The van der Waals surface area contributed by atoms with E-state index in [-0.39, 0.29) is 17.3 Å². The fraction of sp³-hybridized carbons (Fsp3) is 0.333. The van der Waals surface area contributed by atoms with Gasteiger partial charge in [-0.15, -0.1) is 0 Å². The molecule has 0 saturated carbocycles. The molecule has 1 saturated heterocycles. The summed E-state index contributed by atoms with van der Waals surface area (Å²) in [7, 11) is -4.33. The van der Waals surface area contributed by atoms with Gasteiger partial charge in [-0.25, -0.2) is 14.1 Å². The SMILES string of the molecule is CC(N[P@@](=O)(OC[C@H]1O[C@@](C#N)(c2ccc3c(N)ncnn23)[C@H](O)[C@@H]1O)Oc1ccccc1)C(=O)O. The highest BCUT2D eigenvalue weighted by Crippen LogP contribution is 2.47. The molecule has 3 aromatic rings. The molecule has 1 aliphatic rings. The van der Waals surface area contributed by atoms with Crippen molar-refractivity contribution in [3.05, 3.63) is 54.5 Å². The molecule has 1 fully saturated rings. The Kier molecular flexibility index (Phi) is 6.96. The topological polar surface area (TPSA) is 215 Å². The van der Waals surface area contributed by atoms with Gasteiger partial charge in [0.05, 0.1) is 12.3 Å². The van der Waals surface area contributed by atoms with Crippen LogP contribution >= 0.6 is 7.75 Å². The second-order valence-corrected chi connectivity index (χ2v) is 9.68. The van der Waals surface area contributed by atoms with Gasteiger partial charge in [-0.1, -0.05) is 18.2 Å². The number of benzene rings is 1. The monoisotopic (exact) mass is 518 g/mol. The molecule has 36 heavy (non-hydrogen) atoms. The van der Waals surface area contributed by atoms with Crippen molar-refractivity contribution in [2.75, 3.05) is 12.3 Å². The molecule has 6 atom stereocenters. The maximum Gasteiger partial charge on any atom is 0.459 e. The number of carboxylic acid groups (broad SMARTS) is 1. The molecule has 4 rings (SSSR count). The molecule has 0 radical (unpaired) electrons. The molecular formula is C21H23N6O8P. The summed E-state index contributed by atoms with van der Waals surface area (Å²) in [6, 6.07) is 11.4. The third-order valence-corrected chi connectivity index (χ3v) is 7.23. The smallest absolute Gasteiger partial charge is 0.459 e. The molecule has 0 bridgehead atoms. The molecule has 6 N–H and O–H groups in total. The van der Waals surface area contributed by atoms with Crippen LogP contribution in [-0.2, 0) is 24.2 Å². The average Bonchev–Trinajstić information content (AvgIpc) is 3.39. The van der Waals surface area contributed by atoms with Crippen molar-refractivity contribution in [2.24, 2.45) is 0 Å². The Morgan fingerprint density at radius 2 is 2.08 bits per heavy atom. The number of anilines is 1. The van der Waals surface area contributed by atoms with Gasteiger partial charge in [-0.3, -0.25) is 9.32 Å². The largest absolute Gasteiger partial charge is 0.480 e. The molecule has 2 aromatic heterocycles. The van der Waals surface area contributed by atoms with Gasteiger partial charge in [0, 0.05) is 0 Å². The number of nitrogens with two attached hydrogens (primary N) is 1. The Bertz CT molecular complexity index is 1350. The van der Waals surface area contributed by atoms with Crippen molar-refractivity contribution in [1.29, 1.82) is 5.26 Å². The van der Waals surface area contributed by atoms with Crippen molar-refractivity contribution < 1.29 is 38.5 Å². The van der Waals surface area contributed by atoms with E-state index in [2.05, 4.69) is 15.2 Å². The number of nitrogens with one attached hydrogen (secondary N) is 1. The summed E-state index contributed by atoms with van der Waals surface area (Å²) in [5.41, 5.74) is 4.17. The summed E-state index contributed by atoms with van der Waals surface area (Å²) in [5, 5.41) is 47.1. The number of aliphatic hydroxyl groups excluding tert-OH is 2. The number of aliphatic carboxylic acids is 1. The Morgan fingerprint density at radius 1 is 1.36 bits per heavy atom. The summed E-state index contributed by atoms with van der Waals surface area (Å²) in [6.45, 7) is 0.606. The second kappa shape index (κ2) is 9.82. The molecule has 0 amide bonds. The van der Waals surface area contributed by atoms with Crippen molar-refractivity contribution in [3.8, 4) is 11.8 Å². The Hall–Kier alpha value is -3.57. The lowest BCUT2D eigenvalue weighted by molar-refractivity contribution is -0.138. The molecule has 0 aliphatic carbocycles. The van der Waals surface area contributed by atoms with E-state index in [0.717, 1.165) is 6.33 Å². The zero-order chi connectivity index (χ0) is 26.1. The summed E-state index contributed by atoms with van der Waals surface area (Å²) >= 11 is 0. The number of ether oxygens (including phenoxy) is 1. The van der Waals surface area contributed by atoms with Crippen LogP contribution in [0.15, 0.2) is 48.8 Å². The van der Waals surface area contributed by atoms with Crippen molar-refractivity contribution in [2.45, 2.75) is 36.9 Å². The van der Waals surface area contributed by atoms with Gasteiger partial charge in [0.15, 0.2) is 5.82 Å². The lowest BCUT2D eigenvalue weighted by atomic mass is 9.92. The zero-order valence-corrected chi connectivity index (χ0v) is 19.7. The van der Waals surface area contributed by atoms with E-state index in [1.807, 2.05) is 6.07 Å². The van der Waals surface area contributed by atoms with E-state index in [4.69, 9.17) is 19.5 Å². The molecule has 14 nitrogen and oxygen atoms in total. The summed E-state index contributed by atoms with van der Waals surface area (Å²) in [5.74, 6) is -1.06. The summed E-state index contributed by atoms with van der Waals surface area (Å²) in [6.07, 6.45) is -3.62. The highest BCUT2D eigenvalue weighted by molar-refractivity contribution is 7.52. The molecule has 1 unspecified atom stereocenters. The van der Waals surface area contributed by atoms with Gasteiger partial charge in [0.25, 0.3) is 0 Å². The van der Waals surface area contributed by atoms with Crippen LogP contribution < -0.4 is 15.3 Å². The number of fused-ring (bicyclic) bond motifs is 1. The molecule has 190 valence electrons. The molecule has 15 heteroatoms. The first-order chi connectivity index (χ1) is 17.1. The fourth-order valence-corrected chi connectivity index (χ4v) is 5.23. The number of carbonyl (C=O) groups is 1. The highest BCUT2D eigenvalue weighted by Gasteiger charge is 2.58. The number of aromatic nitrogens is 3. The maximum atomic E-state index is 13.4. The molecule has 0 spiro atoms. The molecule has 1 aromatic carbocycles. The predicted octanol–water partition coefficient (Wildman–Crippen LogP) is 0.417. The van der Waals surface area contributed by atoms with Crippen LogP contribution in [0.2, 0.25) is 0 Å². The normalized spacial score (nSPS) is 26.2. The third-order valence-electron chi connectivity index (χ3n) is 5.59. The van der Waals surface area contributed by atoms with Crippen molar-refractivity contribution in [3.63, 3.8) is 0 Å². The lowest BCUT2D eigenvalue weighted by Gasteiger charge is -2.25. The van der Waals surface area contributed by atoms with E-state index in [1.54, 1.807) is 18.2 Å². The quantitative estimate of drug-likeness (QED) is 0.243. The standard InChI is InChI=1S/C21H23N6O8P/c1-12(20(30)31)26-36(32,35-13-5-3-2-4-6-13)33-9-15-17(28)18(29)21(10-22,34-15)16-8-7-14-19(23)24-11-25-27(14)16/h2-8,11-12,15,17-18,28-29H,9H2,1H3,(H,26,32)(H,30,31)(H2,23,24,25)/t12?,15-,17-,18-,21+,36-/m1/s1. The van der Waals surface area contributed by atoms with Crippen LogP contribution in [0, 0.1) is 11.3 Å². The van der Waals surface area contributed by atoms with Crippen molar-refractivity contribution in [1.82, 2.24) is 19.7 Å². The number of nitrogen functional groups attached to an aromatic ring is 1. The number of hydrogen-bond donors (Lipinski definition) is 5. The molecule has 1 aliphatic heterocycles. The van der Waals surface area contributed by atoms with Crippen LogP contribution in [-0.4, -0.2) is 66.8 Å². The van der Waals surface area contributed by atoms with Gasteiger partial charge in [0.2, 0.25) is 5.60 Å². The summed E-state index contributed by atoms with van der Waals surface area (Å²) in [4.78, 5) is 15.2. The van der Waals surface area contributed by atoms with Gasteiger partial charge >= 0.3 is 13.7 Å². The molecular weight excluding hydrogens is 495 g/mol. The van der Waals surface area contributed by atoms with Crippen LogP contribution in [0.5, 0.6) is 5.75 Å². The van der Waals surface area contributed by atoms with Crippen LogP contribution in [0.1, 0.15) is 12.6 Å². The van der Waals surface area contributed by atoms with Gasteiger partial charge in [-0.05, 0) is 31.2 Å². The van der Waals surface area contributed by atoms with Gasteiger partial charge in [-0.2, -0.15) is 15.4 Å². The van der Waals surface area contributed by atoms with Gasteiger partial charge < -0.3 is 30.3 Å². The number of para-hydroxylation sites is 1. The average molecular weight is 518 g/mol. The first-order valence-electron chi connectivity index (χ1n) is 10.6. The Balaban J connectivity index is 1.59. The van der Waals surface area contributed by atoms with E-state index < -0.39 is 50.3 Å². The van der Waals surface area contributed by atoms with E-state index in [9.17, 15) is 29.9 Å². The van der Waals surface area contributed by atoms with Crippen LogP contribution in [0.4, 0.5) is 5.82 Å². The first-order valence-corrected chi connectivity index (χ1v) is 12.2. The minimum absolute atomic E-state index is 0.0736. The van der Waals surface area contributed by atoms with E-state index in [1.165, 1.54) is 35.7 Å². The van der Waals surface area contributed by atoms with E-state index in [0.29, 0.717) is 5.52 Å². The van der Waals surface area contributed by atoms with E-state index >= 15 is 0 Å². The van der Waals surface area contributed by atoms with Crippen molar-refractivity contribution >= 4 is 25.1 Å². The zero-order valence-electron chi connectivity index (χ0n) is 18.8. The number of nitrogens with zero attached hydrogens (tertiary/aromatic N) is 4. The minimum Gasteiger partial charge on any atom is -0.480 e. The van der Waals surface area contributed by atoms with Crippen LogP contribution in [0.3, 0.4) is 0 Å². The highest BCUT2D eigenvalue weighted by atomic mass is 31.2. The van der Waals surface area contributed by atoms with Crippen LogP contribution in [0.25, 0.3) is 5.52 Å². The number of rotatable bonds is 9. The third kappa shape index (κ3) is 4.63. The summed E-state index contributed by atoms with van der Waals surface area (Å²) < 4.78 is 31.3. The Morgan fingerprint density at radius 3 is 2.75 bits per heavy atom. The minimum atomic E-state index is -4.33. The fourth-order valence-electron chi connectivity index (χ4n) is 3.72. The maximum absolute atomic E-state index is 13.4. The predicted molar refractivity (Wildman–Crippen MR) is 122 cm³/mol. The number of nitriles is 1.